The van der Waals surface area contributed by atoms with Crippen LogP contribution in [-0.2, 0) is 4.74 Å². The van der Waals surface area contributed by atoms with E-state index in [2.05, 4.69) is 20.8 Å². The van der Waals surface area contributed by atoms with Crippen LogP contribution in [0.4, 0.5) is 4.79 Å². The molecule has 4 nitrogen and oxygen atoms in total. The molecular formula is C16H30N2O2. The lowest BCUT2D eigenvalue weighted by Gasteiger charge is -2.53. The van der Waals surface area contributed by atoms with E-state index in [-0.39, 0.29) is 17.2 Å². The summed E-state index contributed by atoms with van der Waals surface area (Å²) in [4.78, 5) is 13.4. The molecule has 0 aromatic rings. The first-order valence-electron chi connectivity index (χ1n) is 8.13. The summed E-state index contributed by atoms with van der Waals surface area (Å²) in [6.45, 7) is 7.17. The molecule has 2 saturated heterocycles. The highest BCUT2D eigenvalue weighted by Crippen LogP contribution is 2.44. The standard InChI is InChI=1S/C16H30N2O2/c1-4-5-7-13-8-6-9-16(20-13)10-11-18(14(17)19)15(2,3)12-16/h13H,4-12H2,1-3H3,(H2,17,19). The molecule has 4 heteroatoms. The number of amides is 2. The van der Waals surface area contributed by atoms with Crippen LogP contribution >= 0.6 is 0 Å². The molecule has 1 spiro atoms. The maximum Gasteiger partial charge on any atom is 0.315 e. The number of likely N-dealkylation sites (tertiary alicyclic amines) is 1. The topological polar surface area (TPSA) is 55.6 Å². The van der Waals surface area contributed by atoms with Crippen LogP contribution in [0.2, 0.25) is 0 Å². The predicted octanol–water partition coefficient (Wildman–Crippen LogP) is 3.44. The second kappa shape index (κ2) is 5.92. The number of nitrogens with two attached hydrogens (primary N) is 1. The zero-order valence-electron chi connectivity index (χ0n) is 13.3. The van der Waals surface area contributed by atoms with Gasteiger partial charge in [0.15, 0.2) is 0 Å². The van der Waals surface area contributed by atoms with E-state index in [1.165, 1.54) is 32.1 Å². The first-order valence-corrected chi connectivity index (χ1v) is 8.13. The van der Waals surface area contributed by atoms with Crippen molar-refractivity contribution < 1.29 is 9.53 Å². The average Bonchev–Trinajstić information content (AvgIpc) is 2.34. The van der Waals surface area contributed by atoms with Crippen LogP contribution in [0, 0.1) is 0 Å². The first kappa shape index (κ1) is 15.6. The molecule has 2 atom stereocenters. The summed E-state index contributed by atoms with van der Waals surface area (Å²) in [6, 6.07) is -0.303. The zero-order valence-corrected chi connectivity index (χ0v) is 13.3. The minimum Gasteiger partial charge on any atom is -0.372 e. The third-order valence-electron chi connectivity index (χ3n) is 5.00. The Kier molecular flexibility index (Phi) is 4.62. The van der Waals surface area contributed by atoms with Gasteiger partial charge in [0.05, 0.1) is 11.7 Å². The molecule has 0 radical (unpaired) electrons. The summed E-state index contributed by atoms with van der Waals surface area (Å²) in [6.07, 6.45) is 9.49. The molecule has 2 aliphatic heterocycles. The summed E-state index contributed by atoms with van der Waals surface area (Å²) >= 11 is 0. The second-order valence-electron chi connectivity index (χ2n) is 7.19. The van der Waals surface area contributed by atoms with Crippen LogP contribution in [0.5, 0.6) is 0 Å². The van der Waals surface area contributed by atoms with Crippen LogP contribution < -0.4 is 5.73 Å². The van der Waals surface area contributed by atoms with Crippen molar-refractivity contribution >= 4 is 6.03 Å². The Morgan fingerprint density at radius 2 is 2.15 bits per heavy atom. The number of rotatable bonds is 3. The van der Waals surface area contributed by atoms with Gasteiger partial charge >= 0.3 is 6.03 Å². The van der Waals surface area contributed by atoms with Gasteiger partial charge in [-0.3, -0.25) is 0 Å². The lowest BCUT2D eigenvalue weighted by atomic mass is 9.75. The Morgan fingerprint density at radius 3 is 2.75 bits per heavy atom. The van der Waals surface area contributed by atoms with Gasteiger partial charge in [-0.15, -0.1) is 0 Å². The zero-order chi connectivity index (χ0) is 14.8. The van der Waals surface area contributed by atoms with Gasteiger partial charge in [0.25, 0.3) is 0 Å². The van der Waals surface area contributed by atoms with Gasteiger partial charge in [-0.2, -0.15) is 0 Å². The van der Waals surface area contributed by atoms with Crippen LogP contribution in [0.25, 0.3) is 0 Å². The van der Waals surface area contributed by atoms with E-state index in [0.717, 1.165) is 25.8 Å². The van der Waals surface area contributed by atoms with Gasteiger partial charge < -0.3 is 15.4 Å². The number of carbonyl (C=O) groups is 1. The predicted molar refractivity (Wildman–Crippen MR) is 80.6 cm³/mol. The highest BCUT2D eigenvalue weighted by molar-refractivity contribution is 5.73. The van der Waals surface area contributed by atoms with Gasteiger partial charge in [0.2, 0.25) is 0 Å². The first-order chi connectivity index (χ1) is 9.38. The third kappa shape index (κ3) is 3.27. The van der Waals surface area contributed by atoms with E-state index < -0.39 is 0 Å². The Balaban J connectivity index is 2.03. The molecule has 0 bridgehead atoms. The van der Waals surface area contributed by atoms with Crippen LogP contribution in [0.1, 0.15) is 72.1 Å². The second-order valence-corrected chi connectivity index (χ2v) is 7.19. The highest BCUT2D eigenvalue weighted by Gasteiger charge is 2.48. The molecule has 2 heterocycles. The molecule has 20 heavy (non-hydrogen) atoms. The van der Waals surface area contributed by atoms with Gasteiger partial charge in [-0.1, -0.05) is 19.8 Å². The summed E-state index contributed by atoms with van der Waals surface area (Å²) in [7, 11) is 0. The van der Waals surface area contributed by atoms with Crippen LogP contribution in [0.15, 0.2) is 0 Å². The van der Waals surface area contributed by atoms with Crippen molar-refractivity contribution in [1.82, 2.24) is 4.90 Å². The Hall–Kier alpha value is -0.770. The van der Waals surface area contributed by atoms with Crippen molar-refractivity contribution in [2.45, 2.75) is 89.4 Å². The van der Waals surface area contributed by atoms with E-state index in [1.54, 1.807) is 4.90 Å². The Labute approximate surface area is 123 Å². The molecular weight excluding hydrogens is 252 g/mol. The van der Waals surface area contributed by atoms with Crippen molar-refractivity contribution in [3.8, 4) is 0 Å². The fourth-order valence-electron chi connectivity index (χ4n) is 4.07. The van der Waals surface area contributed by atoms with E-state index in [4.69, 9.17) is 10.5 Å². The van der Waals surface area contributed by atoms with E-state index >= 15 is 0 Å². The normalized spacial score (nSPS) is 33.4. The summed E-state index contributed by atoms with van der Waals surface area (Å²) in [5, 5.41) is 0. The molecule has 2 aliphatic rings. The highest BCUT2D eigenvalue weighted by atomic mass is 16.5. The minimum atomic E-state index is -0.303. The smallest absolute Gasteiger partial charge is 0.315 e. The number of hydrogen-bond donors (Lipinski definition) is 1. The minimum absolute atomic E-state index is 0.0217. The molecule has 2 rings (SSSR count). The van der Waals surface area contributed by atoms with Gasteiger partial charge in [-0.05, 0) is 52.4 Å². The SMILES string of the molecule is CCCCC1CCCC2(CCN(C(N)=O)C(C)(C)C2)O1. The number of nitrogens with zero attached hydrogens (tertiary/aromatic N) is 1. The largest absolute Gasteiger partial charge is 0.372 e. The van der Waals surface area contributed by atoms with Crippen molar-refractivity contribution in [3.63, 3.8) is 0 Å². The fraction of sp³-hybridized carbons (Fsp3) is 0.938. The van der Waals surface area contributed by atoms with Gasteiger partial charge in [0.1, 0.15) is 0 Å². The molecule has 0 aromatic carbocycles. The van der Waals surface area contributed by atoms with Gasteiger partial charge in [0, 0.05) is 12.1 Å². The number of urea groups is 1. The lowest BCUT2D eigenvalue weighted by Crippen LogP contribution is -2.61. The molecule has 2 unspecified atom stereocenters. The summed E-state index contributed by atoms with van der Waals surface area (Å²) < 4.78 is 6.50. The van der Waals surface area contributed by atoms with Gasteiger partial charge in [-0.25, -0.2) is 4.79 Å². The lowest BCUT2D eigenvalue weighted by molar-refractivity contribution is -0.170. The van der Waals surface area contributed by atoms with E-state index in [9.17, 15) is 4.79 Å². The summed E-state index contributed by atoms with van der Waals surface area (Å²) in [5.41, 5.74) is 5.28. The molecule has 0 saturated carbocycles. The maximum absolute atomic E-state index is 11.6. The molecule has 0 aromatic heterocycles. The van der Waals surface area contributed by atoms with Crippen molar-refractivity contribution in [2.24, 2.45) is 5.73 Å². The number of primary amides is 1. The monoisotopic (exact) mass is 282 g/mol. The molecule has 2 amide bonds. The number of carbonyl (C=O) groups excluding carboxylic acids is 1. The fourth-order valence-corrected chi connectivity index (χ4v) is 4.07. The van der Waals surface area contributed by atoms with Crippen molar-refractivity contribution in [1.29, 1.82) is 0 Å². The quantitative estimate of drug-likeness (QED) is 0.862. The van der Waals surface area contributed by atoms with Crippen LogP contribution in [0.3, 0.4) is 0 Å². The van der Waals surface area contributed by atoms with E-state index in [0.29, 0.717) is 6.10 Å². The summed E-state index contributed by atoms with van der Waals surface area (Å²) in [5.74, 6) is 0. The molecule has 0 aliphatic carbocycles. The van der Waals surface area contributed by atoms with Crippen LogP contribution in [-0.4, -0.2) is 34.7 Å². The van der Waals surface area contributed by atoms with Crippen molar-refractivity contribution in [2.75, 3.05) is 6.54 Å². The number of hydrogen-bond acceptors (Lipinski definition) is 2. The number of unbranched alkanes of at least 4 members (excludes halogenated alkanes) is 1. The molecule has 2 N–H and O–H groups in total. The third-order valence-corrected chi connectivity index (χ3v) is 5.00. The maximum atomic E-state index is 11.6. The number of piperidine rings is 1. The van der Waals surface area contributed by atoms with E-state index in [1.807, 2.05) is 0 Å². The Morgan fingerprint density at radius 1 is 1.40 bits per heavy atom. The Bertz CT molecular complexity index is 356. The number of ether oxygens (including phenoxy) is 1. The molecule has 116 valence electrons. The van der Waals surface area contributed by atoms with Crippen molar-refractivity contribution in [3.05, 3.63) is 0 Å². The average molecular weight is 282 g/mol. The molecule has 2 fully saturated rings.